The molecule has 7 nitrogen and oxygen atoms in total. The monoisotopic (exact) mass is 517 g/mol. The van der Waals surface area contributed by atoms with Gasteiger partial charge in [-0.15, -0.1) is 0 Å². The first kappa shape index (κ1) is 23.8. The van der Waals surface area contributed by atoms with Crippen LogP contribution in [0.2, 0.25) is 0 Å². The van der Waals surface area contributed by atoms with E-state index >= 15 is 0 Å². The van der Waals surface area contributed by atoms with Crippen LogP contribution in [0.25, 0.3) is 27.8 Å². The van der Waals surface area contributed by atoms with Gasteiger partial charge in [-0.05, 0) is 66.6 Å². The van der Waals surface area contributed by atoms with Crippen LogP contribution in [0, 0.1) is 6.92 Å². The first-order valence-electron chi connectivity index (χ1n) is 12.0. The van der Waals surface area contributed by atoms with Gasteiger partial charge in [0, 0.05) is 23.9 Å². The Hall–Kier alpha value is -4.60. The number of benzene rings is 3. The Balaban J connectivity index is 1.23. The highest BCUT2D eigenvalue weighted by molar-refractivity contribution is 5.94. The summed E-state index contributed by atoms with van der Waals surface area (Å²) in [5, 5.41) is 3.79. The maximum Gasteiger partial charge on any atom is 0.419 e. The van der Waals surface area contributed by atoms with E-state index in [0.29, 0.717) is 30.9 Å². The molecule has 0 atom stereocenters. The van der Waals surface area contributed by atoms with Gasteiger partial charge >= 0.3 is 6.18 Å². The molecule has 0 spiro atoms. The SMILES string of the molecule is Cc1nc2ccc(-c3ccc4c(c3)CN(C(=O)c3ccc(-n5cc(C(F)(F)F)cn5)cc3)CCO4)cc2[nH]1. The number of imidazole rings is 1. The van der Waals surface area contributed by atoms with Crippen molar-refractivity contribution >= 4 is 16.9 Å². The molecule has 1 amide bonds. The summed E-state index contributed by atoms with van der Waals surface area (Å²) in [7, 11) is 0. The van der Waals surface area contributed by atoms with Gasteiger partial charge in [-0.3, -0.25) is 4.79 Å². The highest BCUT2D eigenvalue weighted by Gasteiger charge is 2.32. The van der Waals surface area contributed by atoms with Gasteiger partial charge in [-0.2, -0.15) is 18.3 Å². The number of aromatic amines is 1. The average molecular weight is 518 g/mol. The summed E-state index contributed by atoms with van der Waals surface area (Å²) in [6.07, 6.45) is -2.77. The molecule has 38 heavy (non-hydrogen) atoms. The fraction of sp³-hybridized carbons (Fsp3) is 0.179. The normalized spacial score (nSPS) is 13.7. The average Bonchev–Trinajstić information content (AvgIpc) is 3.49. The number of halogens is 3. The lowest BCUT2D eigenvalue weighted by Crippen LogP contribution is -2.32. The van der Waals surface area contributed by atoms with Crippen molar-refractivity contribution in [1.29, 1.82) is 0 Å². The molecule has 3 heterocycles. The molecule has 0 aliphatic carbocycles. The van der Waals surface area contributed by atoms with Crippen LogP contribution in [0.1, 0.15) is 27.3 Å². The summed E-state index contributed by atoms with van der Waals surface area (Å²) in [6.45, 7) is 3.03. The molecule has 0 saturated carbocycles. The molecule has 0 radical (unpaired) electrons. The van der Waals surface area contributed by atoms with Gasteiger partial charge in [0.25, 0.3) is 5.91 Å². The van der Waals surface area contributed by atoms with E-state index < -0.39 is 11.7 Å². The Morgan fingerprint density at radius 2 is 1.79 bits per heavy atom. The summed E-state index contributed by atoms with van der Waals surface area (Å²) in [4.78, 5) is 22.8. The van der Waals surface area contributed by atoms with E-state index in [-0.39, 0.29) is 5.91 Å². The smallest absolute Gasteiger partial charge is 0.419 e. The minimum absolute atomic E-state index is 0.191. The quantitative estimate of drug-likeness (QED) is 0.329. The molecule has 2 aromatic heterocycles. The second kappa shape index (κ2) is 9.05. The maximum absolute atomic E-state index is 13.3. The third-order valence-corrected chi connectivity index (χ3v) is 6.55. The number of hydrogen-bond donors (Lipinski definition) is 1. The van der Waals surface area contributed by atoms with Crippen LogP contribution in [0.5, 0.6) is 5.75 Å². The van der Waals surface area contributed by atoms with Gasteiger partial charge in [0.15, 0.2) is 0 Å². The molecule has 1 aliphatic heterocycles. The van der Waals surface area contributed by atoms with E-state index in [9.17, 15) is 18.0 Å². The predicted octanol–water partition coefficient (Wildman–Crippen LogP) is 5.78. The van der Waals surface area contributed by atoms with Crippen LogP contribution in [0.3, 0.4) is 0 Å². The fourth-order valence-corrected chi connectivity index (χ4v) is 4.61. The number of nitrogens with zero attached hydrogens (tertiary/aromatic N) is 4. The number of carbonyl (C=O) groups excluding carboxylic acids is 1. The second-order valence-corrected chi connectivity index (χ2v) is 9.17. The Morgan fingerprint density at radius 3 is 2.55 bits per heavy atom. The minimum Gasteiger partial charge on any atom is -0.491 e. The van der Waals surface area contributed by atoms with Crippen molar-refractivity contribution < 1.29 is 22.7 Å². The minimum atomic E-state index is -4.47. The Bertz CT molecular complexity index is 1650. The number of aryl methyl sites for hydroxylation is 1. The van der Waals surface area contributed by atoms with Crippen LogP contribution in [-0.4, -0.2) is 43.7 Å². The standard InChI is InChI=1S/C28H22F3N5O2/c1-17-33-24-8-4-20(13-25(24)34-17)19-5-9-26-21(12-19)15-35(10-11-38-26)27(37)18-2-6-23(7-3-18)36-16-22(14-32-36)28(29,30)31/h2-9,12-14,16H,10-11,15H2,1H3,(H,33,34). The number of aromatic nitrogens is 4. The molecule has 0 unspecified atom stereocenters. The number of rotatable bonds is 3. The molecule has 10 heteroatoms. The number of fused-ring (bicyclic) bond motifs is 2. The van der Waals surface area contributed by atoms with Crippen molar-refractivity contribution in [2.24, 2.45) is 0 Å². The van der Waals surface area contributed by atoms with Crippen molar-refractivity contribution in [1.82, 2.24) is 24.6 Å². The molecular formula is C28H22F3N5O2. The molecular weight excluding hydrogens is 495 g/mol. The van der Waals surface area contributed by atoms with Crippen LogP contribution in [0.4, 0.5) is 13.2 Å². The van der Waals surface area contributed by atoms with Gasteiger partial charge < -0.3 is 14.6 Å². The molecule has 0 saturated heterocycles. The zero-order valence-electron chi connectivity index (χ0n) is 20.3. The number of nitrogens with one attached hydrogen (secondary N) is 1. The van der Waals surface area contributed by atoms with E-state index in [2.05, 4.69) is 21.1 Å². The third-order valence-electron chi connectivity index (χ3n) is 6.55. The van der Waals surface area contributed by atoms with E-state index in [4.69, 9.17) is 4.74 Å². The number of amides is 1. The number of carbonyl (C=O) groups is 1. The highest BCUT2D eigenvalue weighted by atomic mass is 19.4. The fourth-order valence-electron chi connectivity index (χ4n) is 4.61. The first-order valence-corrected chi connectivity index (χ1v) is 12.0. The van der Waals surface area contributed by atoms with Crippen molar-refractivity contribution in [3.63, 3.8) is 0 Å². The van der Waals surface area contributed by atoms with E-state index in [0.717, 1.165) is 56.4 Å². The number of hydrogen-bond acceptors (Lipinski definition) is 4. The van der Waals surface area contributed by atoms with Gasteiger partial charge in [0.1, 0.15) is 18.2 Å². The Morgan fingerprint density at radius 1 is 1.03 bits per heavy atom. The highest BCUT2D eigenvalue weighted by Crippen LogP contribution is 2.32. The largest absolute Gasteiger partial charge is 0.491 e. The Labute approximate surface area is 215 Å². The van der Waals surface area contributed by atoms with Crippen LogP contribution in [0.15, 0.2) is 73.1 Å². The topological polar surface area (TPSA) is 76.0 Å². The molecule has 0 fully saturated rings. The molecule has 1 aliphatic rings. The molecule has 6 rings (SSSR count). The summed E-state index contributed by atoms with van der Waals surface area (Å²) in [6, 6.07) is 18.3. The van der Waals surface area contributed by atoms with Crippen molar-refractivity contribution in [2.45, 2.75) is 19.6 Å². The van der Waals surface area contributed by atoms with Gasteiger partial charge in [-0.1, -0.05) is 12.1 Å². The van der Waals surface area contributed by atoms with E-state index in [1.165, 1.54) is 0 Å². The van der Waals surface area contributed by atoms with Crippen molar-refractivity contribution in [3.8, 4) is 22.6 Å². The number of ether oxygens (including phenoxy) is 1. The van der Waals surface area contributed by atoms with Gasteiger partial charge in [0.2, 0.25) is 0 Å². The van der Waals surface area contributed by atoms with E-state index in [1.807, 2.05) is 37.3 Å². The van der Waals surface area contributed by atoms with Crippen molar-refractivity contribution in [2.75, 3.05) is 13.2 Å². The van der Waals surface area contributed by atoms with Crippen LogP contribution >= 0.6 is 0 Å². The number of alkyl halides is 3. The maximum atomic E-state index is 13.3. The molecule has 0 bridgehead atoms. The lowest BCUT2D eigenvalue weighted by molar-refractivity contribution is -0.137. The molecule has 5 aromatic rings. The Kier molecular flexibility index (Phi) is 5.67. The van der Waals surface area contributed by atoms with E-state index in [1.54, 1.807) is 29.2 Å². The van der Waals surface area contributed by atoms with Gasteiger partial charge in [0.05, 0.1) is 35.0 Å². The summed E-state index contributed by atoms with van der Waals surface area (Å²) < 4.78 is 45.8. The molecule has 1 N–H and O–H groups in total. The molecule has 3 aromatic carbocycles. The van der Waals surface area contributed by atoms with Crippen LogP contribution < -0.4 is 4.74 Å². The predicted molar refractivity (Wildman–Crippen MR) is 135 cm³/mol. The lowest BCUT2D eigenvalue weighted by Gasteiger charge is -2.20. The van der Waals surface area contributed by atoms with Crippen molar-refractivity contribution in [3.05, 3.63) is 95.6 Å². The summed E-state index contributed by atoms with van der Waals surface area (Å²) in [5.41, 5.74) is 4.79. The zero-order chi connectivity index (χ0) is 26.4. The molecule has 192 valence electrons. The van der Waals surface area contributed by atoms with Crippen LogP contribution in [-0.2, 0) is 12.7 Å². The summed E-state index contributed by atoms with van der Waals surface area (Å²) >= 11 is 0. The first-order chi connectivity index (χ1) is 18.2. The third kappa shape index (κ3) is 4.49. The number of H-pyrrole nitrogens is 1. The second-order valence-electron chi connectivity index (χ2n) is 9.17. The summed E-state index contributed by atoms with van der Waals surface area (Å²) in [5.74, 6) is 1.39. The lowest BCUT2D eigenvalue weighted by atomic mass is 10.0. The van der Waals surface area contributed by atoms with Gasteiger partial charge in [-0.25, -0.2) is 9.67 Å². The zero-order valence-corrected chi connectivity index (χ0v) is 20.3.